The second kappa shape index (κ2) is 5.92. The van der Waals surface area contributed by atoms with Gasteiger partial charge in [-0.25, -0.2) is 0 Å². The lowest BCUT2D eigenvalue weighted by atomic mass is 9.99. The average Bonchev–Trinajstić information content (AvgIpc) is 3.21. The van der Waals surface area contributed by atoms with E-state index in [0.29, 0.717) is 16.8 Å². The molecule has 2 heterocycles. The molecule has 0 unspecified atom stereocenters. The van der Waals surface area contributed by atoms with Gasteiger partial charge in [-0.2, -0.15) is 0 Å². The lowest BCUT2D eigenvalue weighted by molar-refractivity contribution is 0.674. The predicted molar refractivity (Wildman–Crippen MR) is 121 cm³/mol. The SMILES string of the molecule is [2H]Cc1cc(-c2cccc3c2oc2c3ccc3ccc4ccccc4c32)ncc1C([2H])([2H])[2H]. The third kappa shape index (κ3) is 2.32. The Labute approximate surface area is 174 Å². The number of para-hydroxylation sites is 1. The van der Waals surface area contributed by atoms with Crippen LogP contribution in [-0.4, -0.2) is 4.98 Å². The van der Waals surface area contributed by atoms with Crippen molar-refractivity contribution in [2.45, 2.75) is 13.8 Å². The van der Waals surface area contributed by atoms with Crippen LogP contribution in [0.5, 0.6) is 0 Å². The largest absolute Gasteiger partial charge is 0.455 e. The van der Waals surface area contributed by atoms with Gasteiger partial charge in [-0.05, 0) is 59.2 Å². The van der Waals surface area contributed by atoms with E-state index in [9.17, 15) is 0 Å². The Balaban J connectivity index is 1.67. The van der Waals surface area contributed by atoms with Crippen molar-refractivity contribution in [1.29, 1.82) is 0 Å². The van der Waals surface area contributed by atoms with Crippen molar-refractivity contribution < 1.29 is 9.90 Å². The molecule has 2 aromatic heterocycles. The Morgan fingerprint density at radius 1 is 0.759 bits per heavy atom. The third-order valence-corrected chi connectivity index (χ3v) is 5.64. The minimum absolute atomic E-state index is 0.121. The molecule has 0 aliphatic rings. The van der Waals surface area contributed by atoms with E-state index in [2.05, 4.69) is 41.4 Å². The number of hydrogen-bond donors (Lipinski definition) is 0. The van der Waals surface area contributed by atoms with Crippen LogP contribution in [-0.2, 0) is 0 Å². The highest BCUT2D eigenvalue weighted by Crippen LogP contribution is 2.40. The zero-order valence-corrected chi connectivity index (χ0v) is 15.6. The molecule has 6 rings (SSSR count). The predicted octanol–water partition coefficient (Wildman–Crippen LogP) is 7.57. The molecule has 4 aromatic carbocycles. The molecule has 2 nitrogen and oxygen atoms in total. The summed E-state index contributed by atoms with van der Waals surface area (Å²) in [6.45, 7) is -2.43. The lowest BCUT2D eigenvalue weighted by Crippen LogP contribution is -1.88. The zero-order chi connectivity index (χ0) is 22.7. The first-order valence-electron chi connectivity index (χ1n) is 11.7. The molecule has 0 bridgehead atoms. The van der Waals surface area contributed by atoms with Crippen molar-refractivity contribution in [3.8, 4) is 11.3 Å². The van der Waals surface area contributed by atoms with Crippen LogP contribution in [0.2, 0.25) is 0 Å². The molecule has 6 aromatic rings. The van der Waals surface area contributed by atoms with E-state index in [-0.39, 0.29) is 12.5 Å². The molecule has 0 aliphatic carbocycles. The first-order valence-corrected chi connectivity index (χ1v) is 9.50. The summed E-state index contributed by atoms with van der Waals surface area (Å²) in [6.07, 6.45) is 1.37. The molecule has 0 N–H and O–H groups in total. The summed E-state index contributed by atoms with van der Waals surface area (Å²) in [4.78, 5) is 4.45. The van der Waals surface area contributed by atoms with Gasteiger partial charge in [0, 0.05) is 33.4 Å². The van der Waals surface area contributed by atoms with Crippen LogP contribution in [0.25, 0.3) is 54.7 Å². The maximum absolute atomic E-state index is 7.84. The first-order chi connectivity index (χ1) is 16.0. The number of benzene rings is 4. The monoisotopic (exact) mass is 377 g/mol. The fourth-order valence-electron chi connectivity index (χ4n) is 4.19. The summed E-state index contributed by atoms with van der Waals surface area (Å²) in [6, 6.07) is 24.3. The average molecular weight is 377 g/mol. The lowest BCUT2D eigenvalue weighted by Gasteiger charge is -2.05. The summed E-state index contributed by atoms with van der Waals surface area (Å²) in [5.41, 5.74) is 3.48. The summed E-state index contributed by atoms with van der Waals surface area (Å²) < 4.78 is 37.6. The van der Waals surface area contributed by atoms with E-state index in [1.807, 2.05) is 30.3 Å². The van der Waals surface area contributed by atoms with Gasteiger partial charge in [0.05, 0.1) is 5.69 Å². The number of hydrogen-bond acceptors (Lipinski definition) is 2. The summed E-state index contributed by atoms with van der Waals surface area (Å²) in [7, 11) is 0. The number of aryl methyl sites for hydroxylation is 2. The van der Waals surface area contributed by atoms with Crippen LogP contribution >= 0.6 is 0 Å². The summed E-state index contributed by atoms with van der Waals surface area (Å²) >= 11 is 0. The molecule has 0 radical (unpaired) electrons. The molecule has 2 heteroatoms. The second-order valence-electron chi connectivity index (χ2n) is 7.34. The van der Waals surface area contributed by atoms with Crippen molar-refractivity contribution in [3.05, 3.63) is 90.1 Å². The number of nitrogens with zero attached hydrogens (tertiary/aromatic N) is 1. The topological polar surface area (TPSA) is 26.0 Å². The van der Waals surface area contributed by atoms with Gasteiger partial charge in [0.25, 0.3) is 0 Å². The molecule has 0 spiro atoms. The van der Waals surface area contributed by atoms with E-state index in [4.69, 9.17) is 9.90 Å². The Morgan fingerprint density at radius 3 is 2.52 bits per heavy atom. The highest BCUT2D eigenvalue weighted by atomic mass is 16.3. The molecule has 0 amide bonds. The van der Waals surface area contributed by atoms with Crippen LogP contribution in [0.15, 0.2) is 83.4 Å². The maximum Gasteiger partial charge on any atom is 0.144 e. The highest BCUT2D eigenvalue weighted by molar-refractivity contribution is 6.23. The van der Waals surface area contributed by atoms with E-state index >= 15 is 0 Å². The standard InChI is InChI=1S/C27H19NO/c1-16-14-24(28-15-17(16)2)23-9-5-8-21-22-13-12-19-11-10-18-6-3-4-7-20(18)25(19)27(22)29-26(21)23/h3-15H,1-2H3/i1D,2D3. The number of rotatable bonds is 1. The van der Waals surface area contributed by atoms with Crippen molar-refractivity contribution in [2.24, 2.45) is 0 Å². The van der Waals surface area contributed by atoms with Crippen molar-refractivity contribution >= 4 is 43.5 Å². The molecule has 138 valence electrons. The van der Waals surface area contributed by atoms with Crippen LogP contribution < -0.4 is 0 Å². The van der Waals surface area contributed by atoms with Crippen LogP contribution in [0.3, 0.4) is 0 Å². The molecule has 0 fully saturated rings. The van der Waals surface area contributed by atoms with Gasteiger partial charge in [0.2, 0.25) is 0 Å². The van der Waals surface area contributed by atoms with Gasteiger partial charge in [0.15, 0.2) is 0 Å². The van der Waals surface area contributed by atoms with Gasteiger partial charge in [0.1, 0.15) is 11.2 Å². The molecule has 0 saturated carbocycles. The molecule has 0 saturated heterocycles. The minimum Gasteiger partial charge on any atom is -0.455 e. The summed E-state index contributed by atoms with van der Waals surface area (Å²) in [5, 5.41) is 6.48. The third-order valence-electron chi connectivity index (χ3n) is 5.64. The van der Waals surface area contributed by atoms with Crippen molar-refractivity contribution in [2.75, 3.05) is 0 Å². The Hall–Kier alpha value is -3.65. The van der Waals surface area contributed by atoms with Crippen LogP contribution in [0.1, 0.15) is 16.6 Å². The molecule has 29 heavy (non-hydrogen) atoms. The number of furan rings is 1. The molecular formula is C27H19NO. The van der Waals surface area contributed by atoms with Gasteiger partial charge in [-0.15, -0.1) is 0 Å². The number of aromatic nitrogens is 1. The molecule has 0 atom stereocenters. The maximum atomic E-state index is 7.84. The number of fused-ring (bicyclic) bond motifs is 7. The highest BCUT2D eigenvalue weighted by Gasteiger charge is 2.16. The fourth-order valence-corrected chi connectivity index (χ4v) is 4.19. The van der Waals surface area contributed by atoms with E-state index in [1.54, 1.807) is 6.07 Å². The van der Waals surface area contributed by atoms with Crippen LogP contribution in [0.4, 0.5) is 0 Å². The smallest absolute Gasteiger partial charge is 0.144 e. The van der Waals surface area contributed by atoms with E-state index in [1.165, 1.54) is 6.20 Å². The molecule has 0 aliphatic heterocycles. The van der Waals surface area contributed by atoms with Crippen molar-refractivity contribution in [3.63, 3.8) is 0 Å². The summed E-state index contributed by atoms with van der Waals surface area (Å²) in [5.74, 6) is 0. The van der Waals surface area contributed by atoms with Crippen LogP contribution in [0, 0.1) is 13.8 Å². The Bertz CT molecular complexity index is 1700. The second-order valence-corrected chi connectivity index (χ2v) is 7.34. The number of pyridine rings is 1. The Morgan fingerprint density at radius 2 is 1.59 bits per heavy atom. The fraction of sp³-hybridized carbons (Fsp3) is 0.0741. The van der Waals surface area contributed by atoms with Gasteiger partial charge in [-0.3, -0.25) is 4.98 Å². The zero-order valence-electron chi connectivity index (χ0n) is 19.6. The van der Waals surface area contributed by atoms with Gasteiger partial charge >= 0.3 is 0 Å². The minimum atomic E-state index is -2.30. The van der Waals surface area contributed by atoms with E-state index < -0.39 is 6.85 Å². The first kappa shape index (κ1) is 12.7. The Kier molecular flexibility index (Phi) is 2.60. The molecular weight excluding hydrogens is 354 g/mol. The van der Waals surface area contributed by atoms with Crippen molar-refractivity contribution in [1.82, 2.24) is 4.98 Å². The van der Waals surface area contributed by atoms with E-state index in [0.717, 1.165) is 43.5 Å². The van der Waals surface area contributed by atoms with Gasteiger partial charge in [-0.1, -0.05) is 54.6 Å². The quantitative estimate of drug-likeness (QED) is 0.276. The van der Waals surface area contributed by atoms with Gasteiger partial charge < -0.3 is 4.42 Å². The normalized spacial score (nSPS) is 14.2.